The number of aryl methyl sites for hydroxylation is 2. The summed E-state index contributed by atoms with van der Waals surface area (Å²) in [6.45, 7) is 1.92. The first-order chi connectivity index (χ1) is 9.65. The Morgan fingerprint density at radius 3 is 2.45 bits per heavy atom. The number of halogens is 2. The van der Waals surface area contributed by atoms with Gasteiger partial charge in [0.15, 0.2) is 0 Å². The molecule has 1 nitrogen and oxygen atoms in total. The summed E-state index contributed by atoms with van der Waals surface area (Å²) in [5.41, 5.74) is 3.77. The van der Waals surface area contributed by atoms with Crippen LogP contribution in [0.25, 0.3) is 0 Å². The van der Waals surface area contributed by atoms with Crippen LogP contribution in [-0.4, -0.2) is 0 Å². The monoisotopic (exact) mass is 273 g/mol. The van der Waals surface area contributed by atoms with E-state index < -0.39 is 11.6 Å². The van der Waals surface area contributed by atoms with Gasteiger partial charge in [-0.3, -0.25) is 0 Å². The molecular weight excluding hydrogens is 256 g/mol. The maximum Gasteiger partial charge on any atom is 0.149 e. The van der Waals surface area contributed by atoms with Crippen LogP contribution in [0, 0.1) is 11.6 Å². The van der Waals surface area contributed by atoms with Gasteiger partial charge in [-0.15, -0.1) is 0 Å². The van der Waals surface area contributed by atoms with Crippen molar-refractivity contribution in [3.8, 4) is 0 Å². The summed E-state index contributed by atoms with van der Waals surface area (Å²) in [5.74, 6) is -1.11. The van der Waals surface area contributed by atoms with E-state index in [9.17, 15) is 8.78 Å². The van der Waals surface area contributed by atoms with Crippen LogP contribution in [0.1, 0.15) is 36.1 Å². The van der Waals surface area contributed by atoms with Crippen molar-refractivity contribution in [1.82, 2.24) is 0 Å². The molecule has 0 heterocycles. The molecule has 104 valence electrons. The average Bonchev–Trinajstić information content (AvgIpc) is 2.90. The molecule has 1 aliphatic rings. The minimum atomic E-state index is -0.557. The van der Waals surface area contributed by atoms with Crippen LogP contribution in [0.3, 0.4) is 0 Å². The summed E-state index contributed by atoms with van der Waals surface area (Å²) in [5, 5.41) is 2.94. The van der Waals surface area contributed by atoms with Gasteiger partial charge in [0.2, 0.25) is 0 Å². The van der Waals surface area contributed by atoms with Crippen molar-refractivity contribution < 1.29 is 8.78 Å². The number of hydrogen-bond donors (Lipinski definition) is 1. The number of fused-ring (bicyclic) bond motifs is 1. The molecule has 0 aromatic heterocycles. The summed E-state index contributed by atoms with van der Waals surface area (Å²) in [4.78, 5) is 0. The first kappa shape index (κ1) is 13.1. The molecule has 0 bridgehead atoms. The average molecular weight is 273 g/mol. The van der Waals surface area contributed by atoms with E-state index in [1.165, 1.54) is 35.7 Å². The molecule has 1 aliphatic carbocycles. The highest BCUT2D eigenvalue weighted by molar-refractivity contribution is 5.48. The van der Waals surface area contributed by atoms with Crippen LogP contribution < -0.4 is 5.32 Å². The van der Waals surface area contributed by atoms with Crippen LogP contribution in [0.4, 0.5) is 14.5 Å². The summed E-state index contributed by atoms with van der Waals surface area (Å²) < 4.78 is 27.3. The van der Waals surface area contributed by atoms with Crippen LogP contribution >= 0.6 is 0 Å². The molecular formula is C17H17F2N. The largest absolute Gasteiger partial charge is 0.374 e. The molecule has 3 heteroatoms. The lowest BCUT2D eigenvalue weighted by Crippen LogP contribution is -2.10. The molecule has 0 radical (unpaired) electrons. The maximum absolute atomic E-state index is 13.6. The Labute approximate surface area is 117 Å². The second kappa shape index (κ2) is 5.23. The highest BCUT2D eigenvalue weighted by atomic mass is 19.1. The van der Waals surface area contributed by atoms with Crippen molar-refractivity contribution in [2.24, 2.45) is 0 Å². The van der Waals surface area contributed by atoms with E-state index >= 15 is 0 Å². The Morgan fingerprint density at radius 2 is 1.70 bits per heavy atom. The highest BCUT2D eigenvalue weighted by Gasteiger charge is 2.15. The molecule has 0 saturated carbocycles. The van der Waals surface area contributed by atoms with E-state index in [1.54, 1.807) is 0 Å². The van der Waals surface area contributed by atoms with E-state index in [0.29, 0.717) is 0 Å². The lowest BCUT2D eigenvalue weighted by molar-refractivity contribution is 0.584. The van der Waals surface area contributed by atoms with Crippen LogP contribution in [-0.2, 0) is 12.8 Å². The Kier molecular flexibility index (Phi) is 3.43. The third-order valence-electron chi connectivity index (χ3n) is 3.95. The van der Waals surface area contributed by atoms with Crippen molar-refractivity contribution in [1.29, 1.82) is 0 Å². The quantitative estimate of drug-likeness (QED) is 0.860. The second-order valence-corrected chi connectivity index (χ2v) is 5.34. The SMILES string of the molecule is CC(Nc1c(F)cccc1F)c1ccc2c(c1)CCC2. The van der Waals surface area contributed by atoms with E-state index in [0.717, 1.165) is 18.4 Å². The molecule has 3 rings (SSSR count). The highest BCUT2D eigenvalue weighted by Crippen LogP contribution is 2.28. The molecule has 1 N–H and O–H groups in total. The summed E-state index contributed by atoms with van der Waals surface area (Å²) in [6, 6.07) is 10.1. The lowest BCUT2D eigenvalue weighted by Gasteiger charge is -2.17. The lowest BCUT2D eigenvalue weighted by atomic mass is 10.0. The number of hydrogen-bond acceptors (Lipinski definition) is 1. The Bertz CT molecular complexity index is 617. The van der Waals surface area contributed by atoms with Gasteiger partial charge in [0.1, 0.15) is 17.3 Å². The molecule has 0 saturated heterocycles. The summed E-state index contributed by atoms with van der Waals surface area (Å²) >= 11 is 0. The third kappa shape index (κ3) is 2.40. The van der Waals surface area contributed by atoms with Gasteiger partial charge >= 0.3 is 0 Å². The normalized spacial score (nSPS) is 14.9. The van der Waals surface area contributed by atoms with E-state index in [2.05, 4.69) is 17.4 Å². The summed E-state index contributed by atoms with van der Waals surface area (Å²) in [7, 11) is 0. The van der Waals surface area contributed by atoms with Gasteiger partial charge in [-0.05, 0) is 55.0 Å². The minimum Gasteiger partial charge on any atom is -0.374 e. The molecule has 2 aromatic rings. The standard InChI is InChI=1S/C17H17F2N/c1-11(20-17-15(18)6-3-7-16(17)19)13-9-8-12-4-2-5-14(12)10-13/h3,6-11,20H,2,4-5H2,1H3. The first-order valence-electron chi connectivity index (χ1n) is 6.97. The third-order valence-corrected chi connectivity index (χ3v) is 3.95. The number of anilines is 1. The van der Waals surface area contributed by atoms with Gasteiger partial charge in [0.05, 0.1) is 0 Å². The molecule has 1 unspecified atom stereocenters. The van der Waals surface area contributed by atoms with Gasteiger partial charge < -0.3 is 5.32 Å². The smallest absolute Gasteiger partial charge is 0.149 e. The van der Waals surface area contributed by atoms with Crippen LogP contribution in [0.5, 0.6) is 0 Å². The topological polar surface area (TPSA) is 12.0 Å². The van der Waals surface area contributed by atoms with Crippen molar-refractivity contribution in [2.75, 3.05) is 5.32 Å². The Morgan fingerprint density at radius 1 is 1.00 bits per heavy atom. The van der Waals surface area contributed by atoms with Crippen LogP contribution in [0.15, 0.2) is 36.4 Å². The van der Waals surface area contributed by atoms with Crippen molar-refractivity contribution >= 4 is 5.69 Å². The molecule has 2 aromatic carbocycles. The van der Waals surface area contributed by atoms with Crippen molar-refractivity contribution in [3.63, 3.8) is 0 Å². The fourth-order valence-electron chi connectivity index (χ4n) is 2.80. The van der Waals surface area contributed by atoms with Crippen LogP contribution in [0.2, 0.25) is 0 Å². The van der Waals surface area contributed by atoms with Crippen molar-refractivity contribution in [2.45, 2.75) is 32.2 Å². The summed E-state index contributed by atoms with van der Waals surface area (Å²) in [6.07, 6.45) is 3.44. The molecule has 20 heavy (non-hydrogen) atoms. The second-order valence-electron chi connectivity index (χ2n) is 5.34. The van der Waals surface area contributed by atoms with Gasteiger partial charge in [-0.25, -0.2) is 8.78 Å². The Balaban J connectivity index is 1.84. The van der Waals surface area contributed by atoms with Gasteiger partial charge in [0.25, 0.3) is 0 Å². The molecule has 1 atom stereocenters. The fourth-order valence-corrected chi connectivity index (χ4v) is 2.80. The zero-order valence-electron chi connectivity index (χ0n) is 11.4. The molecule has 0 amide bonds. The zero-order valence-corrected chi connectivity index (χ0v) is 11.4. The van der Waals surface area contributed by atoms with Gasteiger partial charge in [-0.2, -0.15) is 0 Å². The Hall–Kier alpha value is -1.90. The molecule has 0 aliphatic heterocycles. The predicted octanol–water partition coefficient (Wildman–Crippen LogP) is 4.63. The van der Waals surface area contributed by atoms with Gasteiger partial charge in [0, 0.05) is 6.04 Å². The number of benzene rings is 2. The van der Waals surface area contributed by atoms with Gasteiger partial charge in [-0.1, -0.05) is 24.3 Å². The first-order valence-corrected chi connectivity index (χ1v) is 6.97. The number of rotatable bonds is 3. The van der Waals surface area contributed by atoms with E-state index in [1.807, 2.05) is 13.0 Å². The molecule has 0 fully saturated rings. The zero-order chi connectivity index (χ0) is 14.1. The van der Waals surface area contributed by atoms with E-state index in [-0.39, 0.29) is 11.7 Å². The number of para-hydroxylation sites is 1. The minimum absolute atomic E-state index is 0.0551. The fraction of sp³-hybridized carbons (Fsp3) is 0.294. The number of nitrogens with one attached hydrogen (secondary N) is 1. The van der Waals surface area contributed by atoms with Crippen molar-refractivity contribution in [3.05, 3.63) is 64.7 Å². The van der Waals surface area contributed by atoms with E-state index in [4.69, 9.17) is 0 Å². The predicted molar refractivity (Wildman–Crippen MR) is 76.9 cm³/mol. The molecule has 0 spiro atoms. The maximum atomic E-state index is 13.6.